The van der Waals surface area contributed by atoms with Gasteiger partial charge in [-0.25, -0.2) is 4.79 Å². The predicted molar refractivity (Wildman–Crippen MR) is 124 cm³/mol. The fraction of sp³-hybridized carbons (Fsp3) is 0.417. The van der Waals surface area contributed by atoms with Crippen LogP contribution >= 0.6 is 23.2 Å². The molecular formula is C24H24Cl2F3NO4. The molecule has 3 unspecified atom stereocenters. The second kappa shape index (κ2) is 10.4. The first-order valence-corrected chi connectivity index (χ1v) is 11.5. The van der Waals surface area contributed by atoms with Crippen LogP contribution in [0.25, 0.3) is 0 Å². The molecule has 0 spiro atoms. The van der Waals surface area contributed by atoms with Gasteiger partial charge in [-0.1, -0.05) is 30.1 Å². The van der Waals surface area contributed by atoms with E-state index in [1.807, 2.05) is 6.92 Å². The highest BCUT2D eigenvalue weighted by molar-refractivity contribution is 6.34. The smallest absolute Gasteiger partial charge is 0.416 e. The van der Waals surface area contributed by atoms with Crippen molar-refractivity contribution in [2.24, 2.45) is 0 Å². The van der Waals surface area contributed by atoms with E-state index < -0.39 is 41.7 Å². The molecule has 3 atom stereocenters. The summed E-state index contributed by atoms with van der Waals surface area (Å²) in [4.78, 5) is 27.2. The number of amides is 1. The summed E-state index contributed by atoms with van der Waals surface area (Å²) in [5, 5.41) is 0.549. The lowest BCUT2D eigenvalue weighted by molar-refractivity contribution is -0.143. The summed E-state index contributed by atoms with van der Waals surface area (Å²) in [7, 11) is 1.21. The van der Waals surface area contributed by atoms with Crippen molar-refractivity contribution in [3.8, 4) is 0 Å². The summed E-state index contributed by atoms with van der Waals surface area (Å²) in [6.07, 6.45) is -4.59. The lowest BCUT2D eigenvalue weighted by Gasteiger charge is -2.42. The molecule has 1 amide bonds. The number of methoxy groups -OCH3 is 1. The molecule has 0 N–H and O–H groups in total. The molecule has 0 bridgehead atoms. The van der Waals surface area contributed by atoms with Gasteiger partial charge in [0, 0.05) is 22.0 Å². The summed E-state index contributed by atoms with van der Waals surface area (Å²) in [6, 6.07) is 7.32. The molecule has 1 heterocycles. The molecule has 34 heavy (non-hydrogen) atoms. The Kier molecular flexibility index (Phi) is 8.03. The minimum atomic E-state index is -4.62. The van der Waals surface area contributed by atoms with E-state index in [4.69, 9.17) is 32.7 Å². The van der Waals surface area contributed by atoms with Crippen molar-refractivity contribution in [3.63, 3.8) is 0 Å². The van der Waals surface area contributed by atoms with Crippen molar-refractivity contribution in [1.82, 2.24) is 0 Å². The zero-order valence-electron chi connectivity index (χ0n) is 18.8. The van der Waals surface area contributed by atoms with E-state index in [1.54, 1.807) is 19.1 Å². The van der Waals surface area contributed by atoms with Gasteiger partial charge in [-0.3, -0.25) is 9.69 Å². The molecule has 1 aliphatic rings. The molecule has 0 radical (unpaired) electrons. The van der Waals surface area contributed by atoms with Crippen molar-refractivity contribution in [2.75, 3.05) is 18.6 Å². The summed E-state index contributed by atoms with van der Waals surface area (Å²) in [5.41, 5.74) is -0.0180. The predicted octanol–water partition coefficient (Wildman–Crippen LogP) is 7.20. The van der Waals surface area contributed by atoms with Crippen LogP contribution in [-0.2, 0) is 20.4 Å². The van der Waals surface area contributed by atoms with E-state index in [0.29, 0.717) is 12.0 Å². The van der Waals surface area contributed by atoms with Crippen LogP contribution in [0.3, 0.4) is 0 Å². The quantitative estimate of drug-likeness (QED) is 0.393. The fourth-order valence-electron chi connectivity index (χ4n) is 4.49. The number of hydrogen-bond donors (Lipinski definition) is 0. The van der Waals surface area contributed by atoms with Crippen LogP contribution in [0.2, 0.25) is 10.0 Å². The number of carbonyl (C=O) groups is 2. The molecule has 2 aromatic carbocycles. The van der Waals surface area contributed by atoms with Crippen LogP contribution < -0.4 is 4.90 Å². The van der Waals surface area contributed by atoms with Crippen LogP contribution in [0, 0.1) is 0 Å². The first-order valence-electron chi connectivity index (χ1n) is 10.7. The second-order valence-electron chi connectivity index (χ2n) is 7.95. The van der Waals surface area contributed by atoms with Crippen LogP contribution in [-0.4, -0.2) is 31.8 Å². The van der Waals surface area contributed by atoms with Gasteiger partial charge in [0.2, 0.25) is 0 Å². The highest BCUT2D eigenvalue weighted by Crippen LogP contribution is 2.49. The van der Waals surface area contributed by atoms with Crippen molar-refractivity contribution in [2.45, 2.75) is 50.7 Å². The largest absolute Gasteiger partial charge is 0.469 e. The van der Waals surface area contributed by atoms with E-state index in [1.165, 1.54) is 24.1 Å². The fourth-order valence-corrected chi connectivity index (χ4v) is 5.03. The van der Waals surface area contributed by atoms with Crippen molar-refractivity contribution in [3.05, 3.63) is 63.1 Å². The third-order valence-electron chi connectivity index (χ3n) is 5.94. The molecule has 0 saturated carbocycles. The van der Waals surface area contributed by atoms with Gasteiger partial charge in [-0.05, 0) is 67.3 Å². The molecule has 5 nitrogen and oxygen atoms in total. The number of fused-ring (bicyclic) bond motifs is 1. The second-order valence-corrected chi connectivity index (χ2v) is 8.82. The number of anilines is 1. The zero-order valence-corrected chi connectivity index (χ0v) is 20.3. The third-order valence-corrected chi connectivity index (χ3v) is 6.38. The first kappa shape index (κ1) is 26.2. The van der Waals surface area contributed by atoms with Crippen molar-refractivity contribution >= 4 is 41.0 Å². The molecule has 3 rings (SSSR count). The van der Waals surface area contributed by atoms with Gasteiger partial charge in [0.1, 0.15) is 0 Å². The number of ether oxygens (including phenoxy) is 2. The van der Waals surface area contributed by atoms with Crippen LogP contribution in [0.1, 0.15) is 55.2 Å². The van der Waals surface area contributed by atoms with Crippen molar-refractivity contribution in [1.29, 1.82) is 0 Å². The van der Waals surface area contributed by atoms with Gasteiger partial charge in [0.15, 0.2) is 0 Å². The Morgan fingerprint density at radius 3 is 2.29 bits per heavy atom. The molecule has 184 valence electrons. The third kappa shape index (κ3) is 5.28. The van der Waals surface area contributed by atoms with Gasteiger partial charge >= 0.3 is 18.2 Å². The number of alkyl halides is 3. The summed E-state index contributed by atoms with van der Waals surface area (Å²) in [6.45, 7) is 3.61. The Hall–Kier alpha value is -2.45. The average molecular weight is 518 g/mol. The molecule has 1 aliphatic heterocycles. The molecule has 2 aromatic rings. The maximum absolute atomic E-state index is 13.6. The number of hydrogen-bond acceptors (Lipinski definition) is 4. The Morgan fingerprint density at radius 2 is 1.76 bits per heavy atom. The zero-order chi connectivity index (χ0) is 25.2. The van der Waals surface area contributed by atoms with Crippen LogP contribution in [0.5, 0.6) is 0 Å². The number of esters is 1. The number of nitrogens with zero attached hydrogens (tertiary/aromatic N) is 1. The minimum Gasteiger partial charge on any atom is -0.469 e. The standard InChI is InChI=1S/C24H24Cl2F3NO4/c1-4-17-12-19(21(22(31)33-3)13-8-15(25)11-16(26)9-13)18-10-14(24(27,28)29)6-7-20(18)30(17)23(32)34-5-2/h6-11,17,19,21H,4-5,12H2,1-3H3. The van der Waals surface area contributed by atoms with E-state index in [2.05, 4.69) is 0 Å². The van der Waals surface area contributed by atoms with E-state index in [-0.39, 0.29) is 34.3 Å². The molecule has 0 fully saturated rings. The summed E-state index contributed by atoms with van der Waals surface area (Å²) >= 11 is 12.3. The summed E-state index contributed by atoms with van der Waals surface area (Å²) in [5.74, 6) is -2.39. The van der Waals surface area contributed by atoms with E-state index in [9.17, 15) is 22.8 Å². The van der Waals surface area contributed by atoms with Gasteiger partial charge in [-0.2, -0.15) is 13.2 Å². The lowest BCUT2D eigenvalue weighted by Crippen LogP contribution is -2.46. The number of rotatable bonds is 5. The summed E-state index contributed by atoms with van der Waals surface area (Å²) < 4.78 is 51.1. The van der Waals surface area contributed by atoms with Gasteiger partial charge < -0.3 is 9.47 Å². The van der Waals surface area contributed by atoms with E-state index in [0.717, 1.165) is 12.1 Å². The normalized spacial score (nSPS) is 18.8. The van der Waals surface area contributed by atoms with E-state index >= 15 is 0 Å². The maximum atomic E-state index is 13.6. The van der Waals surface area contributed by atoms with Crippen molar-refractivity contribution < 1.29 is 32.2 Å². The molecule has 10 heteroatoms. The molecule has 0 saturated heterocycles. The highest BCUT2D eigenvalue weighted by Gasteiger charge is 2.44. The van der Waals surface area contributed by atoms with Gasteiger partial charge in [0.25, 0.3) is 0 Å². The SMILES string of the molecule is CCOC(=O)N1c2ccc(C(F)(F)F)cc2C(C(C(=O)OC)c2cc(Cl)cc(Cl)c2)CC1CC. The Bertz CT molecular complexity index is 1060. The minimum absolute atomic E-state index is 0.108. The molecule has 0 aliphatic carbocycles. The number of halogens is 5. The lowest BCUT2D eigenvalue weighted by atomic mass is 9.74. The van der Waals surface area contributed by atoms with Crippen LogP contribution in [0.4, 0.5) is 23.7 Å². The Labute approximate surface area is 205 Å². The molecule has 0 aromatic heterocycles. The first-order chi connectivity index (χ1) is 16.0. The van der Waals surface area contributed by atoms with Gasteiger partial charge in [-0.15, -0.1) is 0 Å². The average Bonchev–Trinajstić information content (AvgIpc) is 2.77. The monoisotopic (exact) mass is 517 g/mol. The Morgan fingerprint density at radius 1 is 1.12 bits per heavy atom. The topological polar surface area (TPSA) is 55.8 Å². The number of benzene rings is 2. The number of carbonyl (C=O) groups excluding carboxylic acids is 2. The highest BCUT2D eigenvalue weighted by atomic mass is 35.5. The van der Waals surface area contributed by atoms with Gasteiger partial charge in [0.05, 0.1) is 30.9 Å². The molecular weight excluding hydrogens is 494 g/mol. The van der Waals surface area contributed by atoms with Crippen LogP contribution in [0.15, 0.2) is 36.4 Å². The Balaban J connectivity index is 2.27. The maximum Gasteiger partial charge on any atom is 0.416 e.